The quantitative estimate of drug-likeness (QED) is 0.870. The smallest absolute Gasteiger partial charge is 0.270 e. The minimum atomic E-state index is -0.517. The molecule has 146 valence electrons. The Morgan fingerprint density at radius 3 is 2.68 bits per heavy atom. The van der Waals surface area contributed by atoms with E-state index >= 15 is 0 Å². The maximum absolute atomic E-state index is 12.7. The predicted octanol–water partition coefficient (Wildman–Crippen LogP) is 2.99. The van der Waals surface area contributed by atoms with E-state index in [1.165, 1.54) is 0 Å². The van der Waals surface area contributed by atoms with Gasteiger partial charge in [0.25, 0.3) is 5.91 Å². The van der Waals surface area contributed by atoms with Gasteiger partial charge in [-0.1, -0.05) is 6.07 Å². The molecule has 1 N–H and O–H groups in total. The molecule has 1 fully saturated rings. The number of carbonyl (C=O) groups excluding carboxylic acids is 2. The Balaban J connectivity index is 1.47. The summed E-state index contributed by atoms with van der Waals surface area (Å²) < 4.78 is 5.81. The van der Waals surface area contributed by atoms with E-state index in [1.54, 1.807) is 11.0 Å². The molecule has 0 saturated carbocycles. The molecule has 1 saturated heterocycles. The molecule has 3 aliphatic rings. The fourth-order valence-corrected chi connectivity index (χ4v) is 4.48. The highest BCUT2D eigenvalue weighted by molar-refractivity contribution is 6.07. The Hall–Kier alpha value is -2.96. The van der Waals surface area contributed by atoms with Crippen LogP contribution in [0.15, 0.2) is 24.3 Å². The first kappa shape index (κ1) is 17.2. The monoisotopic (exact) mass is 380 g/mol. The molecule has 0 bridgehead atoms. The predicted molar refractivity (Wildman–Crippen MR) is 106 cm³/mol. The van der Waals surface area contributed by atoms with Crippen molar-refractivity contribution in [2.45, 2.75) is 32.1 Å². The Bertz CT molecular complexity index is 988. The zero-order chi connectivity index (χ0) is 19.6. The van der Waals surface area contributed by atoms with E-state index in [1.807, 2.05) is 48.9 Å². The zero-order valence-corrected chi connectivity index (χ0v) is 16.4. The van der Waals surface area contributed by atoms with Crippen molar-refractivity contribution in [3.63, 3.8) is 0 Å². The number of rotatable bonds is 2. The Kier molecular flexibility index (Phi) is 3.53. The van der Waals surface area contributed by atoms with Gasteiger partial charge in [0.2, 0.25) is 5.91 Å². The average molecular weight is 380 g/mol. The van der Waals surface area contributed by atoms with Gasteiger partial charge in [-0.15, -0.1) is 0 Å². The van der Waals surface area contributed by atoms with E-state index in [9.17, 15) is 9.59 Å². The first-order valence-corrected chi connectivity index (χ1v) is 9.73. The molecule has 0 spiro atoms. The lowest BCUT2D eigenvalue weighted by Gasteiger charge is -2.19. The molecule has 4 heterocycles. The van der Waals surface area contributed by atoms with Gasteiger partial charge in [-0.05, 0) is 44.4 Å². The van der Waals surface area contributed by atoms with Crippen molar-refractivity contribution in [2.24, 2.45) is 0 Å². The molecule has 3 aliphatic heterocycles. The standard InChI is InChI=1S/C21H24N4O3/c1-21(2)14-7-6-13(10-16(14)23(3)20(21)27)25-12-28-17-11-15(22-18(17)25)19(26)24-8-4-5-9-24/h6-7,10-11,22H,4-5,8-9,12H2,1-3H3. The maximum Gasteiger partial charge on any atom is 0.270 e. The molecule has 0 unspecified atom stereocenters. The number of aromatic amines is 1. The number of carbonyl (C=O) groups is 2. The Morgan fingerprint density at radius 2 is 1.93 bits per heavy atom. The van der Waals surface area contributed by atoms with E-state index in [0.29, 0.717) is 18.2 Å². The second kappa shape index (κ2) is 5.77. The van der Waals surface area contributed by atoms with Gasteiger partial charge in [-0.25, -0.2) is 0 Å². The first-order valence-electron chi connectivity index (χ1n) is 9.73. The number of hydrogen-bond donors (Lipinski definition) is 1. The van der Waals surface area contributed by atoms with Crippen LogP contribution < -0.4 is 14.5 Å². The first-order chi connectivity index (χ1) is 13.4. The fourth-order valence-electron chi connectivity index (χ4n) is 4.48. The normalized spacial score (nSPS) is 19.8. The number of hydrogen-bond acceptors (Lipinski definition) is 4. The summed E-state index contributed by atoms with van der Waals surface area (Å²) in [6.07, 6.45) is 2.12. The van der Waals surface area contributed by atoms with Crippen LogP contribution in [0.25, 0.3) is 0 Å². The lowest BCUT2D eigenvalue weighted by molar-refractivity contribution is -0.121. The highest BCUT2D eigenvalue weighted by Gasteiger charge is 2.42. The third kappa shape index (κ3) is 2.28. The van der Waals surface area contributed by atoms with Crippen molar-refractivity contribution in [3.8, 4) is 5.75 Å². The molecule has 1 aromatic carbocycles. The van der Waals surface area contributed by atoms with Gasteiger partial charge in [0.15, 0.2) is 18.3 Å². The van der Waals surface area contributed by atoms with Crippen LogP contribution in [0, 0.1) is 0 Å². The summed E-state index contributed by atoms with van der Waals surface area (Å²) in [5, 5.41) is 0. The number of likely N-dealkylation sites (tertiary alicyclic amines) is 1. The highest BCUT2D eigenvalue weighted by atomic mass is 16.5. The van der Waals surface area contributed by atoms with E-state index in [0.717, 1.165) is 48.7 Å². The summed E-state index contributed by atoms with van der Waals surface area (Å²) in [6.45, 7) is 5.91. The van der Waals surface area contributed by atoms with Crippen LogP contribution in [0.4, 0.5) is 17.2 Å². The minimum Gasteiger partial charge on any atom is -0.469 e. The number of H-pyrrole nitrogens is 1. The van der Waals surface area contributed by atoms with Crippen molar-refractivity contribution in [1.82, 2.24) is 9.88 Å². The van der Waals surface area contributed by atoms with E-state index in [4.69, 9.17) is 4.74 Å². The number of benzene rings is 1. The number of nitrogens with one attached hydrogen (secondary N) is 1. The van der Waals surface area contributed by atoms with Gasteiger partial charge in [0.1, 0.15) is 5.69 Å². The van der Waals surface area contributed by atoms with E-state index in [-0.39, 0.29) is 11.8 Å². The van der Waals surface area contributed by atoms with Crippen molar-refractivity contribution in [2.75, 3.05) is 36.7 Å². The molecule has 28 heavy (non-hydrogen) atoms. The van der Waals surface area contributed by atoms with Crippen LogP contribution in [-0.4, -0.2) is 48.6 Å². The Labute approximate surface area is 163 Å². The largest absolute Gasteiger partial charge is 0.469 e. The van der Waals surface area contributed by atoms with Crippen LogP contribution in [0.1, 0.15) is 42.7 Å². The van der Waals surface area contributed by atoms with Gasteiger partial charge >= 0.3 is 0 Å². The number of likely N-dealkylation sites (N-methyl/N-ethyl adjacent to an activating group) is 1. The van der Waals surface area contributed by atoms with Crippen molar-refractivity contribution >= 4 is 29.0 Å². The topological polar surface area (TPSA) is 68.9 Å². The molecule has 0 aliphatic carbocycles. The molecule has 2 aromatic rings. The van der Waals surface area contributed by atoms with Crippen LogP contribution in [0.3, 0.4) is 0 Å². The summed E-state index contributed by atoms with van der Waals surface area (Å²) in [7, 11) is 1.81. The van der Waals surface area contributed by atoms with Gasteiger partial charge in [0.05, 0.1) is 5.41 Å². The van der Waals surface area contributed by atoms with Gasteiger partial charge in [-0.3, -0.25) is 14.5 Å². The average Bonchev–Trinajstić information content (AvgIpc) is 3.43. The Morgan fingerprint density at radius 1 is 1.18 bits per heavy atom. The van der Waals surface area contributed by atoms with Gasteiger partial charge < -0.3 is 19.5 Å². The molecule has 1 aromatic heterocycles. The molecule has 2 amide bonds. The summed E-state index contributed by atoms with van der Waals surface area (Å²) in [4.78, 5) is 34.1. The summed E-state index contributed by atoms with van der Waals surface area (Å²) in [5.74, 6) is 1.59. The fraction of sp³-hybridized carbons (Fsp3) is 0.429. The number of anilines is 3. The van der Waals surface area contributed by atoms with Crippen LogP contribution in [0.2, 0.25) is 0 Å². The summed E-state index contributed by atoms with van der Waals surface area (Å²) in [5.41, 5.74) is 2.92. The molecular weight excluding hydrogens is 356 g/mol. The number of nitrogens with zero attached hydrogens (tertiary/aromatic N) is 3. The van der Waals surface area contributed by atoms with Crippen molar-refractivity contribution in [1.29, 1.82) is 0 Å². The molecular formula is C21H24N4O3. The summed E-state index contributed by atoms with van der Waals surface area (Å²) in [6, 6.07) is 7.84. The van der Waals surface area contributed by atoms with E-state index < -0.39 is 5.41 Å². The zero-order valence-electron chi connectivity index (χ0n) is 16.4. The highest BCUT2D eigenvalue weighted by Crippen LogP contribution is 2.45. The maximum atomic E-state index is 12.7. The lowest BCUT2D eigenvalue weighted by Crippen LogP contribution is -2.33. The molecule has 7 nitrogen and oxygen atoms in total. The number of fused-ring (bicyclic) bond motifs is 2. The number of aromatic nitrogens is 1. The molecule has 0 atom stereocenters. The van der Waals surface area contributed by atoms with Crippen molar-refractivity contribution < 1.29 is 14.3 Å². The van der Waals surface area contributed by atoms with Crippen LogP contribution in [0.5, 0.6) is 5.75 Å². The lowest BCUT2D eigenvalue weighted by atomic mass is 9.86. The van der Waals surface area contributed by atoms with Crippen LogP contribution >= 0.6 is 0 Å². The third-order valence-corrected chi connectivity index (χ3v) is 6.17. The van der Waals surface area contributed by atoms with Crippen LogP contribution in [-0.2, 0) is 10.2 Å². The second-order valence-electron chi connectivity index (χ2n) is 8.29. The number of ether oxygens (including phenoxy) is 1. The molecule has 0 radical (unpaired) electrons. The minimum absolute atomic E-state index is 0.0245. The van der Waals surface area contributed by atoms with Gasteiger partial charge in [0, 0.05) is 37.6 Å². The molecule has 5 rings (SSSR count). The van der Waals surface area contributed by atoms with Crippen molar-refractivity contribution in [3.05, 3.63) is 35.5 Å². The van der Waals surface area contributed by atoms with E-state index in [2.05, 4.69) is 4.98 Å². The molecule has 7 heteroatoms. The second-order valence-corrected chi connectivity index (χ2v) is 8.29. The number of amides is 2. The SMILES string of the molecule is CN1C(=O)C(C)(C)c2ccc(N3COc4cc(C(=O)N5CCCC5)[nH]c43)cc21. The van der Waals surface area contributed by atoms with Gasteiger partial charge in [-0.2, -0.15) is 0 Å². The summed E-state index contributed by atoms with van der Waals surface area (Å²) >= 11 is 0. The third-order valence-electron chi connectivity index (χ3n) is 6.17.